The normalized spacial score (nSPS) is 16.5. The number of nitrogens with zero attached hydrogens (tertiary/aromatic N) is 4. The average molecular weight is 474 g/mol. The predicted octanol–water partition coefficient (Wildman–Crippen LogP) is 1.96. The summed E-state index contributed by atoms with van der Waals surface area (Å²) in [6.45, 7) is 4.56. The first kappa shape index (κ1) is 21.5. The van der Waals surface area contributed by atoms with E-state index in [4.69, 9.17) is 29.7 Å². The van der Waals surface area contributed by atoms with Gasteiger partial charge in [0.2, 0.25) is 19.5 Å². The van der Waals surface area contributed by atoms with Gasteiger partial charge in [-0.1, -0.05) is 12.1 Å². The van der Waals surface area contributed by atoms with Gasteiger partial charge in [0.1, 0.15) is 0 Å². The molecule has 35 heavy (non-hydrogen) atoms. The second-order valence-electron chi connectivity index (χ2n) is 8.54. The van der Waals surface area contributed by atoms with Crippen molar-refractivity contribution in [1.29, 1.82) is 0 Å². The second kappa shape index (κ2) is 8.95. The zero-order chi connectivity index (χ0) is 23.8. The first-order valence-corrected chi connectivity index (χ1v) is 11.4. The zero-order valence-electron chi connectivity index (χ0n) is 19.0. The Morgan fingerprint density at radius 2 is 1.60 bits per heavy atom. The second-order valence-corrected chi connectivity index (χ2v) is 8.54. The van der Waals surface area contributed by atoms with Crippen molar-refractivity contribution in [3.05, 3.63) is 71.4 Å². The van der Waals surface area contributed by atoms with Crippen LogP contribution >= 0.6 is 0 Å². The van der Waals surface area contributed by atoms with E-state index < -0.39 is 5.91 Å². The Balaban J connectivity index is 1.14. The van der Waals surface area contributed by atoms with Gasteiger partial charge in [-0.2, -0.15) is 0 Å². The van der Waals surface area contributed by atoms with Gasteiger partial charge in [0.05, 0.1) is 11.3 Å². The zero-order valence-corrected chi connectivity index (χ0v) is 19.0. The van der Waals surface area contributed by atoms with Crippen LogP contribution in [0.3, 0.4) is 0 Å². The van der Waals surface area contributed by atoms with E-state index in [-0.39, 0.29) is 19.1 Å². The molecule has 1 radical (unpaired) electrons. The fourth-order valence-electron chi connectivity index (χ4n) is 4.40. The first-order valence-electron chi connectivity index (χ1n) is 11.4. The molecule has 2 N–H and O–H groups in total. The fourth-order valence-corrected chi connectivity index (χ4v) is 4.40. The third kappa shape index (κ3) is 4.40. The summed E-state index contributed by atoms with van der Waals surface area (Å²) in [6.07, 6.45) is 3.31. The van der Waals surface area contributed by atoms with Crippen molar-refractivity contribution in [2.75, 3.05) is 44.7 Å². The summed E-state index contributed by atoms with van der Waals surface area (Å²) in [5.74, 6) is 2.95. The quantitative estimate of drug-likeness (QED) is 0.573. The van der Waals surface area contributed by atoms with Crippen molar-refractivity contribution in [1.82, 2.24) is 14.9 Å². The van der Waals surface area contributed by atoms with Gasteiger partial charge in [-0.3, -0.25) is 9.69 Å². The molecule has 6 rings (SSSR count). The SMILES string of the molecule is NC(=O)c1cnc(N2CCN(Cc3ccc4c(c3)OCO4)CC2)nc1[CH]c1ccc2c(c1)OCO2. The molecule has 1 fully saturated rings. The Morgan fingerprint density at radius 1 is 0.914 bits per heavy atom. The first-order chi connectivity index (χ1) is 17.1. The summed E-state index contributed by atoms with van der Waals surface area (Å²) < 4.78 is 21.7. The van der Waals surface area contributed by atoms with Gasteiger partial charge >= 0.3 is 0 Å². The lowest BCUT2D eigenvalue weighted by Crippen LogP contribution is -2.46. The Labute approximate surface area is 202 Å². The molecule has 0 aliphatic carbocycles. The standard InChI is InChI=1S/C25H24N5O5/c26-24(31)18-12-27-25(28-19(18)9-16-1-3-20-22(10-16)34-14-32-20)30-7-5-29(6-8-30)13-17-2-4-21-23(11-17)35-15-33-21/h1-4,9-12H,5-8,13-15H2,(H2,26,31). The maximum Gasteiger partial charge on any atom is 0.252 e. The Bertz CT molecular complexity index is 1280. The van der Waals surface area contributed by atoms with E-state index in [0.717, 1.165) is 49.8 Å². The number of primary amides is 1. The number of carbonyl (C=O) groups excluding carboxylic acids is 1. The summed E-state index contributed by atoms with van der Waals surface area (Å²) in [4.78, 5) is 25.6. The molecule has 0 bridgehead atoms. The predicted molar refractivity (Wildman–Crippen MR) is 126 cm³/mol. The Morgan fingerprint density at radius 3 is 2.34 bits per heavy atom. The Kier molecular flexibility index (Phi) is 5.49. The van der Waals surface area contributed by atoms with Gasteiger partial charge < -0.3 is 29.6 Å². The van der Waals surface area contributed by atoms with E-state index in [0.29, 0.717) is 23.1 Å². The van der Waals surface area contributed by atoms with E-state index in [1.807, 2.05) is 36.8 Å². The third-order valence-electron chi connectivity index (χ3n) is 6.27. The number of anilines is 1. The molecule has 3 aliphatic rings. The van der Waals surface area contributed by atoms with E-state index >= 15 is 0 Å². The van der Waals surface area contributed by atoms with E-state index in [1.54, 1.807) is 0 Å². The number of aromatic nitrogens is 2. The average Bonchev–Trinajstić information content (AvgIpc) is 3.53. The van der Waals surface area contributed by atoms with Crippen LogP contribution in [-0.2, 0) is 6.54 Å². The van der Waals surface area contributed by atoms with Gasteiger partial charge in [-0.15, -0.1) is 0 Å². The molecule has 1 saturated heterocycles. The topological polar surface area (TPSA) is 112 Å². The molecule has 2 aromatic carbocycles. The van der Waals surface area contributed by atoms with Gasteiger partial charge in [-0.25, -0.2) is 9.97 Å². The van der Waals surface area contributed by atoms with Gasteiger partial charge in [0.15, 0.2) is 23.0 Å². The molecule has 0 spiro atoms. The van der Waals surface area contributed by atoms with Crippen LogP contribution in [0.15, 0.2) is 42.6 Å². The number of amides is 1. The highest BCUT2D eigenvalue weighted by Crippen LogP contribution is 2.34. The van der Waals surface area contributed by atoms with Crippen molar-refractivity contribution in [3.8, 4) is 23.0 Å². The van der Waals surface area contributed by atoms with Crippen LogP contribution in [0.2, 0.25) is 0 Å². The van der Waals surface area contributed by atoms with Crippen molar-refractivity contribution in [2.45, 2.75) is 6.54 Å². The smallest absolute Gasteiger partial charge is 0.252 e. The minimum absolute atomic E-state index is 0.198. The maximum atomic E-state index is 12.0. The van der Waals surface area contributed by atoms with E-state index in [2.05, 4.69) is 20.9 Å². The molecule has 179 valence electrons. The molecular weight excluding hydrogens is 450 g/mol. The van der Waals surface area contributed by atoms with Gasteiger partial charge in [0.25, 0.3) is 5.91 Å². The highest BCUT2D eigenvalue weighted by molar-refractivity contribution is 5.94. The molecular formula is C25H24N5O5. The number of carbonyl (C=O) groups is 1. The summed E-state index contributed by atoms with van der Waals surface area (Å²) in [5.41, 5.74) is 8.35. The maximum absolute atomic E-state index is 12.0. The van der Waals surface area contributed by atoms with Crippen LogP contribution in [0.1, 0.15) is 27.2 Å². The minimum atomic E-state index is -0.572. The van der Waals surface area contributed by atoms with E-state index in [9.17, 15) is 4.79 Å². The summed E-state index contributed by atoms with van der Waals surface area (Å²) in [5, 5.41) is 0. The molecule has 10 heteroatoms. The van der Waals surface area contributed by atoms with Crippen LogP contribution in [0, 0.1) is 6.42 Å². The third-order valence-corrected chi connectivity index (χ3v) is 6.27. The van der Waals surface area contributed by atoms with Crippen LogP contribution in [0.4, 0.5) is 5.95 Å². The minimum Gasteiger partial charge on any atom is -0.454 e. The lowest BCUT2D eigenvalue weighted by atomic mass is 10.1. The molecule has 1 aromatic heterocycles. The molecule has 10 nitrogen and oxygen atoms in total. The molecule has 0 saturated carbocycles. The fraction of sp³-hybridized carbons (Fsp3) is 0.280. The lowest BCUT2D eigenvalue weighted by molar-refractivity contribution is 0.0999. The highest BCUT2D eigenvalue weighted by atomic mass is 16.7. The molecule has 0 unspecified atom stereocenters. The van der Waals surface area contributed by atoms with Crippen LogP contribution in [-0.4, -0.2) is 60.5 Å². The van der Waals surface area contributed by atoms with Crippen molar-refractivity contribution in [2.24, 2.45) is 5.73 Å². The molecule has 3 aliphatic heterocycles. The van der Waals surface area contributed by atoms with Crippen LogP contribution < -0.4 is 29.6 Å². The van der Waals surface area contributed by atoms with Crippen molar-refractivity contribution >= 4 is 11.9 Å². The monoisotopic (exact) mass is 474 g/mol. The summed E-state index contributed by atoms with van der Waals surface area (Å²) in [6, 6.07) is 11.6. The van der Waals surface area contributed by atoms with Crippen molar-refractivity contribution < 1.29 is 23.7 Å². The van der Waals surface area contributed by atoms with Gasteiger partial charge in [-0.05, 0) is 35.4 Å². The number of piperazine rings is 1. The molecule has 0 atom stereocenters. The number of rotatable bonds is 6. The van der Waals surface area contributed by atoms with Crippen LogP contribution in [0.5, 0.6) is 23.0 Å². The Hall–Kier alpha value is -4.05. The molecule has 3 aromatic rings. The number of nitrogens with two attached hydrogens (primary N) is 1. The number of hydrogen-bond donors (Lipinski definition) is 1. The number of ether oxygens (including phenoxy) is 4. The summed E-state index contributed by atoms with van der Waals surface area (Å²) in [7, 11) is 0. The number of benzene rings is 2. The lowest BCUT2D eigenvalue weighted by Gasteiger charge is -2.35. The largest absolute Gasteiger partial charge is 0.454 e. The van der Waals surface area contributed by atoms with Crippen molar-refractivity contribution in [3.63, 3.8) is 0 Å². The summed E-state index contributed by atoms with van der Waals surface area (Å²) >= 11 is 0. The van der Waals surface area contributed by atoms with Gasteiger partial charge in [0, 0.05) is 45.3 Å². The number of fused-ring (bicyclic) bond motifs is 2. The number of hydrogen-bond acceptors (Lipinski definition) is 9. The van der Waals surface area contributed by atoms with Crippen LogP contribution in [0.25, 0.3) is 0 Å². The highest BCUT2D eigenvalue weighted by Gasteiger charge is 2.23. The molecule has 4 heterocycles. The van der Waals surface area contributed by atoms with E-state index in [1.165, 1.54) is 11.8 Å². The molecule has 1 amide bonds.